The van der Waals surface area contributed by atoms with Crippen molar-refractivity contribution in [2.75, 3.05) is 19.5 Å². The lowest BCUT2D eigenvalue weighted by molar-refractivity contribution is -0.132. The van der Waals surface area contributed by atoms with Crippen LogP contribution in [0.3, 0.4) is 0 Å². The average Bonchev–Trinajstić information content (AvgIpc) is 2.11. The van der Waals surface area contributed by atoms with Gasteiger partial charge in [0.25, 0.3) is 0 Å². The molecule has 0 spiro atoms. The summed E-state index contributed by atoms with van der Waals surface area (Å²) in [6.07, 6.45) is 0. The van der Waals surface area contributed by atoms with Gasteiger partial charge in [0, 0.05) is 13.1 Å². The molecule has 13 heavy (non-hydrogen) atoms. The number of hydrogen-bond acceptors (Lipinski definition) is 2. The molecule has 0 heterocycles. The van der Waals surface area contributed by atoms with Crippen molar-refractivity contribution in [3.05, 3.63) is 0 Å². The molecule has 0 rings (SSSR count). The quantitative estimate of drug-likeness (QED) is 0.669. The Kier molecular flexibility index (Phi) is 5.46. The molecular formula is C8H15ClN2O2. The van der Waals surface area contributed by atoms with Crippen molar-refractivity contribution in [2.45, 2.75) is 19.9 Å². The Morgan fingerprint density at radius 1 is 1.46 bits per heavy atom. The second-order valence-electron chi connectivity index (χ2n) is 3.01. The van der Waals surface area contributed by atoms with Crippen molar-refractivity contribution in [3.8, 4) is 0 Å². The number of alkyl halides is 1. The van der Waals surface area contributed by atoms with Crippen LogP contribution in [-0.4, -0.2) is 42.2 Å². The van der Waals surface area contributed by atoms with E-state index in [1.54, 1.807) is 11.9 Å². The van der Waals surface area contributed by atoms with Crippen LogP contribution in [0.2, 0.25) is 0 Å². The molecule has 0 saturated heterocycles. The van der Waals surface area contributed by atoms with Crippen LogP contribution in [0.25, 0.3) is 0 Å². The topological polar surface area (TPSA) is 49.4 Å². The third-order valence-electron chi connectivity index (χ3n) is 1.73. The summed E-state index contributed by atoms with van der Waals surface area (Å²) in [5, 5.41) is 2.41. The highest BCUT2D eigenvalue weighted by atomic mass is 35.5. The van der Waals surface area contributed by atoms with Crippen LogP contribution in [0, 0.1) is 0 Å². The third kappa shape index (κ3) is 4.72. The first kappa shape index (κ1) is 12.2. The minimum atomic E-state index is -0.327. The number of likely N-dealkylation sites (N-methyl/N-ethyl adjacent to an activating group) is 1. The van der Waals surface area contributed by atoms with E-state index in [4.69, 9.17) is 11.6 Å². The van der Waals surface area contributed by atoms with Gasteiger partial charge in [0.05, 0.1) is 6.54 Å². The molecule has 2 amide bonds. The van der Waals surface area contributed by atoms with E-state index in [2.05, 4.69) is 5.32 Å². The summed E-state index contributed by atoms with van der Waals surface area (Å²) in [5.74, 6) is -0.556. The van der Waals surface area contributed by atoms with Gasteiger partial charge in [-0.25, -0.2) is 0 Å². The molecule has 0 atom stereocenters. The predicted octanol–water partition coefficient (Wildman–Crippen LogP) is 0.208. The molecule has 0 fully saturated rings. The number of amides is 2. The fourth-order valence-electron chi connectivity index (χ4n) is 0.634. The SMILES string of the molecule is CC(C)N(C)C(=O)CNC(=O)CCl. The van der Waals surface area contributed by atoms with Gasteiger partial charge >= 0.3 is 0 Å². The number of nitrogens with one attached hydrogen (secondary N) is 1. The van der Waals surface area contributed by atoms with Crippen molar-refractivity contribution in [3.63, 3.8) is 0 Å². The number of carbonyl (C=O) groups excluding carboxylic acids is 2. The standard InChI is InChI=1S/C8H15ClN2O2/c1-6(2)11(3)8(13)5-10-7(12)4-9/h6H,4-5H2,1-3H3,(H,10,12). The summed E-state index contributed by atoms with van der Waals surface area (Å²) in [4.78, 5) is 23.5. The van der Waals surface area contributed by atoms with Gasteiger partial charge < -0.3 is 10.2 Å². The van der Waals surface area contributed by atoms with Crippen molar-refractivity contribution in [1.82, 2.24) is 10.2 Å². The number of rotatable bonds is 4. The number of hydrogen-bond donors (Lipinski definition) is 1. The van der Waals surface area contributed by atoms with Gasteiger partial charge in [-0.05, 0) is 13.8 Å². The second kappa shape index (κ2) is 5.80. The molecule has 1 N–H and O–H groups in total. The van der Waals surface area contributed by atoms with Gasteiger partial charge in [-0.2, -0.15) is 0 Å². The van der Waals surface area contributed by atoms with Gasteiger partial charge in [0.2, 0.25) is 11.8 Å². The Morgan fingerprint density at radius 3 is 2.38 bits per heavy atom. The number of halogens is 1. The monoisotopic (exact) mass is 206 g/mol. The fraction of sp³-hybridized carbons (Fsp3) is 0.750. The lowest BCUT2D eigenvalue weighted by Crippen LogP contribution is -2.41. The highest BCUT2D eigenvalue weighted by Crippen LogP contribution is 1.92. The van der Waals surface area contributed by atoms with Crippen LogP contribution in [0.15, 0.2) is 0 Å². The van der Waals surface area contributed by atoms with E-state index >= 15 is 0 Å². The van der Waals surface area contributed by atoms with E-state index in [-0.39, 0.29) is 30.3 Å². The summed E-state index contributed by atoms with van der Waals surface area (Å²) < 4.78 is 0. The van der Waals surface area contributed by atoms with Crippen LogP contribution in [0.5, 0.6) is 0 Å². The molecule has 76 valence electrons. The maximum atomic E-state index is 11.3. The first-order valence-electron chi connectivity index (χ1n) is 4.07. The first-order chi connectivity index (χ1) is 5.99. The Balaban J connectivity index is 3.81. The third-order valence-corrected chi connectivity index (χ3v) is 1.97. The molecule has 0 bridgehead atoms. The van der Waals surface area contributed by atoms with Crippen LogP contribution < -0.4 is 5.32 Å². The van der Waals surface area contributed by atoms with E-state index in [9.17, 15) is 9.59 Å². The summed E-state index contributed by atoms with van der Waals surface area (Å²) in [5.41, 5.74) is 0. The lowest BCUT2D eigenvalue weighted by Gasteiger charge is -2.21. The number of nitrogens with zero attached hydrogens (tertiary/aromatic N) is 1. The van der Waals surface area contributed by atoms with E-state index in [0.29, 0.717) is 0 Å². The largest absolute Gasteiger partial charge is 0.346 e. The van der Waals surface area contributed by atoms with Crippen molar-refractivity contribution < 1.29 is 9.59 Å². The van der Waals surface area contributed by atoms with Gasteiger partial charge in [-0.15, -0.1) is 11.6 Å². The average molecular weight is 207 g/mol. The highest BCUT2D eigenvalue weighted by molar-refractivity contribution is 6.27. The normalized spacial score (nSPS) is 9.92. The van der Waals surface area contributed by atoms with E-state index < -0.39 is 0 Å². The highest BCUT2D eigenvalue weighted by Gasteiger charge is 2.11. The van der Waals surface area contributed by atoms with Gasteiger partial charge in [-0.1, -0.05) is 0 Å². The minimum Gasteiger partial charge on any atom is -0.346 e. The second-order valence-corrected chi connectivity index (χ2v) is 3.28. The summed E-state index contributed by atoms with van der Waals surface area (Å²) in [6.45, 7) is 3.82. The van der Waals surface area contributed by atoms with Gasteiger partial charge in [0.15, 0.2) is 0 Å². The molecule has 0 aromatic heterocycles. The Labute approximate surface area is 83.2 Å². The van der Waals surface area contributed by atoms with E-state index in [1.165, 1.54) is 0 Å². The molecule has 0 saturated carbocycles. The van der Waals surface area contributed by atoms with Gasteiger partial charge in [0.1, 0.15) is 5.88 Å². The van der Waals surface area contributed by atoms with Crippen LogP contribution in [-0.2, 0) is 9.59 Å². The zero-order chi connectivity index (χ0) is 10.4. The molecule has 0 aliphatic heterocycles. The predicted molar refractivity (Wildman–Crippen MR) is 51.6 cm³/mol. The summed E-state index contributed by atoms with van der Waals surface area (Å²) >= 11 is 5.24. The van der Waals surface area contributed by atoms with Crippen LogP contribution >= 0.6 is 11.6 Å². The molecule has 0 radical (unpaired) electrons. The molecule has 0 unspecified atom stereocenters. The smallest absolute Gasteiger partial charge is 0.241 e. The summed E-state index contributed by atoms with van der Waals surface area (Å²) in [6, 6.07) is 0.139. The summed E-state index contributed by atoms with van der Waals surface area (Å²) in [7, 11) is 1.69. The molecule has 0 aromatic rings. The molecule has 0 aliphatic carbocycles. The first-order valence-corrected chi connectivity index (χ1v) is 4.60. The van der Waals surface area contributed by atoms with Crippen molar-refractivity contribution in [1.29, 1.82) is 0 Å². The minimum absolute atomic E-state index is 0.0141. The lowest BCUT2D eigenvalue weighted by atomic mass is 10.3. The van der Waals surface area contributed by atoms with E-state index in [0.717, 1.165) is 0 Å². The Hall–Kier alpha value is -0.770. The zero-order valence-corrected chi connectivity index (χ0v) is 8.89. The van der Waals surface area contributed by atoms with Gasteiger partial charge in [-0.3, -0.25) is 9.59 Å². The molecule has 5 heteroatoms. The Bertz CT molecular complexity index is 195. The maximum absolute atomic E-state index is 11.3. The van der Waals surface area contributed by atoms with E-state index in [1.807, 2.05) is 13.8 Å². The van der Waals surface area contributed by atoms with Crippen molar-refractivity contribution >= 4 is 23.4 Å². The van der Waals surface area contributed by atoms with Crippen LogP contribution in [0.4, 0.5) is 0 Å². The zero-order valence-electron chi connectivity index (χ0n) is 8.13. The fourth-order valence-corrected chi connectivity index (χ4v) is 0.729. The molecule has 0 aliphatic rings. The molecule has 0 aromatic carbocycles. The van der Waals surface area contributed by atoms with Crippen molar-refractivity contribution in [2.24, 2.45) is 0 Å². The molecule has 4 nitrogen and oxygen atoms in total. The molecular weight excluding hydrogens is 192 g/mol. The number of carbonyl (C=O) groups is 2. The van der Waals surface area contributed by atoms with Crippen LogP contribution in [0.1, 0.15) is 13.8 Å². The maximum Gasteiger partial charge on any atom is 0.241 e. The Morgan fingerprint density at radius 2 is 2.00 bits per heavy atom.